The van der Waals surface area contributed by atoms with Crippen molar-refractivity contribution < 1.29 is 22.4 Å². The van der Waals surface area contributed by atoms with Crippen molar-refractivity contribution in [3.8, 4) is 11.1 Å². The molecule has 0 spiro atoms. The van der Waals surface area contributed by atoms with Gasteiger partial charge in [0.25, 0.3) is 0 Å². The highest BCUT2D eigenvalue weighted by atomic mass is 16.4. The van der Waals surface area contributed by atoms with Crippen molar-refractivity contribution in [1.29, 1.82) is 0 Å². The molecule has 2 rings (SSSR count). The molecule has 0 bridgehead atoms. The molecule has 0 heterocycles. The molecule has 2 N–H and O–H groups in total. The molecule has 15 heavy (non-hydrogen) atoms. The molecule has 74 valence electrons. The van der Waals surface area contributed by atoms with Gasteiger partial charge in [0, 0.05) is 0 Å². The van der Waals surface area contributed by atoms with E-state index in [9.17, 15) is 10.0 Å². The normalized spacial score (nSPS) is 18.4. The van der Waals surface area contributed by atoms with Gasteiger partial charge in [0.2, 0.25) is 0 Å². The minimum Gasteiger partial charge on any atom is -0.423 e. The molecule has 0 atom stereocenters. The number of benzene rings is 2. The second kappa shape index (κ2) is 4.30. The van der Waals surface area contributed by atoms with Crippen LogP contribution in [0.3, 0.4) is 0 Å². The van der Waals surface area contributed by atoms with Crippen LogP contribution < -0.4 is 5.46 Å². The minimum absolute atomic E-state index is 0.475. The fourth-order valence-electron chi connectivity index (χ4n) is 0.951. The average Bonchev–Trinajstić information content (AvgIpc) is 2.52. The molecule has 3 heteroatoms. The van der Waals surface area contributed by atoms with Crippen molar-refractivity contribution in [3.63, 3.8) is 0 Å². The van der Waals surface area contributed by atoms with E-state index < -0.39 is 78.1 Å². The molecule has 0 saturated carbocycles. The summed E-state index contributed by atoms with van der Waals surface area (Å²) in [4.78, 5) is 0. The number of hydrogen-bond donors (Lipinski definition) is 2. The Hall–Kier alpha value is -1.58. The topological polar surface area (TPSA) is 40.5 Å². The molecule has 0 unspecified atom stereocenters. The Labute approximate surface area is 102 Å². The van der Waals surface area contributed by atoms with Crippen molar-refractivity contribution >= 4 is 12.6 Å². The third-order valence-electron chi connectivity index (χ3n) is 1.65. The van der Waals surface area contributed by atoms with Gasteiger partial charge in [-0.1, -0.05) is 54.4 Å². The van der Waals surface area contributed by atoms with Crippen LogP contribution in [-0.4, -0.2) is 17.2 Å². The molecule has 0 amide bonds. The van der Waals surface area contributed by atoms with Gasteiger partial charge in [-0.15, -0.1) is 0 Å². The maximum absolute atomic E-state index is 9.22. The van der Waals surface area contributed by atoms with Gasteiger partial charge in [-0.2, -0.15) is 0 Å². The molecule has 0 aliphatic rings. The van der Waals surface area contributed by atoms with E-state index in [1.54, 1.807) is 0 Å². The van der Waals surface area contributed by atoms with Gasteiger partial charge in [-0.25, -0.2) is 0 Å². The van der Waals surface area contributed by atoms with E-state index in [0.29, 0.717) is 0 Å². The van der Waals surface area contributed by atoms with Gasteiger partial charge in [-0.3, -0.25) is 0 Å². The van der Waals surface area contributed by atoms with Crippen molar-refractivity contribution in [2.24, 2.45) is 0 Å². The molecule has 2 aromatic rings. The predicted molar refractivity (Wildman–Crippen MR) is 61.7 cm³/mol. The van der Waals surface area contributed by atoms with Crippen LogP contribution in [0.1, 0.15) is 12.3 Å². The lowest BCUT2D eigenvalue weighted by molar-refractivity contribution is 0.426. The van der Waals surface area contributed by atoms with Gasteiger partial charge in [0.1, 0.15) is 0 Å². The zero-order chi connectivity index (χ0) is 18.5. The van der Waals surface area contributed by atoms with E-state index in [1.807, 2.05) is 0 Å². The summed E-state index contributed by atoms with van der Waals surface area (Å²) in [6.07, 6.45) is 0. The number of rotatable bonds is 2. The first-order valence-corrected chi connectivity index (χ1v) is 4.06. The van der Waals surface area contributed by atoms with Gasteiger partial charge >= 0.3 is 7.12 Å². The van der Waals surface area contributed by atoms with Crippen molar-refractivity contribution in [3.05, 3.63) is 54.4 Å². The molecule has 0 saturated heterocycles. The predicted octanol–water partition coefficient (Wildman–Crippen LogP) is 1.03. The molecular formula is C12H11BO2. The van der Waals surface area contributed by atoms with Crippen LogP contribution in [0.5, 0.6) is 0 Å². The van der Waals surface area contributed by atoms with Crippen LogP contribution in [0.15, 0.2) is 54.4 Å². The Bertz CT molecular complexity index is 795. The van der Waals surface area contributed by atoms with E-state index in [2.05, 4.69) is 0 Å². The standard InChI is InChI=1S/C12H11BO2/c14-13(15)12-8-6-11(7-9-12)10-4-2-1-3-5-10/h1-9,14-15H/i1D,2D,3D,4D,5D,6D,7D,8D,9D. The minimum atomic E-state index is -2.24. The number of hydrogen-bond acceptors (Lipinski definition) is 2. The van der Waals surface area contributed by atoms with Crippen LogP contribution in [-0.2, 0) is 0 Å². The van der Waals surface area contributed by atoms with Gasteiger partial charge < -0.3 is 10.0 Å². The van der Waals surface area contributed by atoms with Gasteiger partial charge in [0.05, 0.1) is 12.3 Å². The van der Waals surface area contributed by atoms with Crippen LogP contribution >= 0.6 is 0 Å². The summed E-state index contributed by atoms with van der Waals surface area (Å²) >= 11 is 0. The third-order valence-corrected chi connectivity index (χ3v) is 1.65. The first-order valence-electron chi connectivity index (χ1n) is 8.56. The molecular weight excluding hydrogens is 187 g/mol. The highest BCUT2D eigenvalue weighted by Crippen LogP contribution is 2.16. The summed E-state index contributed by atoms with van der Waals surface area (Å²) in [5.74, 6) is 0. The van der Waals surface area contributed by atoms with E-state index in [-0.39, 0.29) is 0 Å². The van der Waals surface area contributed by atoms with Crippen LogP contribution in [0.25, 0.3) is 11.1 Å². The molecule has 2 nitrogen and oxygen atoms in total. The zero-order valence-electron chi connectivity index (χ0n) is 16.5. The first-order chi connectivity index (χ1) is 11.0. The van der Waals surface area contributed by atoms with E-state index >= 15 is 0 Å². The molecule has 0 aliphatic heterocycles. The second-order valence-corrected chi connectivity index (χ2v) is 2.66. The molecule has 0 radical (unpaired) electrons. The lowest BCUT2D eigenvalue weighted by atomic mass is 9.80. The van der Waals surface area contributed by atoms with E-state index in [4.69, 9.17) is 12.3 Å². The summed E-state index contributed by atoms with van der Waals surface area (Å²) in [6, 6.07) is -6.29. The molecule has 0 aliphatic carbocycles. The Morgan fingerprint density at radius 3 is 1.87 bits per heavy atom. The first kappa shape index (κ1) is 3.78. The third kappa shape index (κ3) is 2.26. The maximum Gasteiger partial charge on any atom is 0.488 e. The molecule has 2 aromatic carbocycles. The zero-order valence-corrected chi connectivity index (χ0v) is 7.47. The monoisotopic (exact) mass is 207 g/mol. The average molecular weight is 207 g/mol. The maximum atomic E-state index is 9.22. The highest BCUT2D eigenvalue weighted by molar-refractivity contribution is 6.58. The lowest BCUT2D eigenvalue weighted by Crippen LogP contribution is -2.29. The Morgan fingerprint density at radius 2 is 1.33 bits per heavy atom. The Kier molecular flexibility index (Phi) is 1.08. The summed E-state index contributed by atoms with van der Waals surface area (Å²) in [5, 5.41) is 18.4. The summed E-state index contributed by atoms with van der Waals surface area (Å²) < 4.78 is 70.0. The second-order valence-electron chi connectivity index (χ2n) is 2.66. The van der Waals surface area contributed by atoms with E-state index in [1.165, 1.54) is 0 Å². The van der Waals surface area contributed by atoms with Crippen LogP contribution in [0.2, 0.25) is 0 Å². The molecule has 0 aromatic heterocycles. The largest absolute Gasteiger partial charge is 0.488 e. The summed E-state index contributed by atoms with van der Waals surface area (Å²) in [5.41, 5.74) is -1.62. The van der Waals surface area contributed by atoms with Gasteiger partial charge in [-0.05, 0) is 16.6 Å². The van der Waals surface area contributed by atoms with Crippen LogP contribution in [0.4, 0.5) is 0 Å². The molecule has 0 fully saturated rings. The van der Waals surface area contributed by atoms with E-state index in [0.717, 1.165) is 0 Å². The van der Waals surface area contributed by atoms with Gasteiger partial charge in [0.15, 0.2) is 0 Å². The fourth-order valence-corrected chi connectivity index (χ4v) is 0.951. The summed E-state index contributed by atoms with van der Waals surface area (Å²) in [6.45, 7) is 0. The SMILES string of the molecule is [2H]c1c([2H])c([2H])c(-c2c([2H])c([2H])c(B(O)O)c([2H])c2[2H])c([2H])c1[2H]. The lowest BCUT2D eigenvalue weighted by Gasteiger charge is -2.03. The van der Waals surface area contributed by atoms with Crippen molar-refractivity contribution in [1.82, 2.24) is 0 Å². The Balaban J connectivity index is 3.01. The fraction of sp³-hybridized carbons (Fsp3) is 0. The van der Waals surface area contributed by atoms with Crippen LogP contribution in [0, 0.1) is 0 Å². The highest BCUT2D eigenvalue weighted by Gasteiger charge is 2.09. The summed E-state index contributed by atoms with van der Waals surface area (Å²) in [7, 11) is -2.24. The quantitative estimate of drug-likeness (QED) is 0.722. The smallest absolute Gasteiger partial charge is 0.423 e. The van der Waals surface area contributed by atoms with Crippen molar-refractivity contribution in [2.75, 3.05) is 0 Å². The van der Waals surface area contributed by atoms with Crippen molar-refractivity contribution in [2.45, 2.75) is 0 Å². The Morgan fingerprint density at radius 1 is 0.800 bits per heavy atom.